The predicted molar refractivity (Wildman–Crippen MR) is 65.0 cm³/mol. The maximum Gasteiger partial charge on any atom is 1.00 e. The van der Waals surface area contributed by atoms with Crippen molar-refractivity contribution in [3.05, 3.63) is 0 Å². The molecule has 0 aromatic rings. The van der Waals surface area contributed by atoms with Crippen LogP contribution in [0.2, 0.25) is 0 Å². The molecule has 0 radical (unpaired) electrons. The second kappa shape index (κ2) is 6.83. The third kappa shape index (κ3) is 3.50. The Bertz CT molecular complexity index is 346. The minimum absolute atomic E-state index is 0. The molecule has 1 heterocycles. The molecule has 90 valence electrons. The van der Waals surface area contributed by atoms with Crippen molar-refractivity contribution in [1.29, 1.82) is 0 Å². The monoisotopic (exact) mass is 264 g/mol. The second-order valence-corrected chi connectivity index (χ2v) is 4.72. The normalized spacial score (nSPS) is 25.7. The van der Waals surface area contributed by atoms with Crippen LogP contribution in [0.1, 0.15) is 40.0 Å². The number of hydrogen-bond donors (Lipinski definition) is 1. The van der Waals surface area contributed by atoms with Gasteiger partial charge in [-0.05, 0) is 36.9 Å². The zero-order valence-electron chi connectivity index (χ0n) is 10.9. The van der Waals surface area contributed by atoms with Gasteiger partial charge in [-0.25, -0.2) is 4.99 Å². The van der Waals surface area contributed by atoms with Gasteiger partial charge < -0.3 is 10.4 Å². The third-order valence-electron chi connectivity index (χ3n) is 3.26. The van der Waals surface area contributed by atoms with E-state index in [9.17, 15) is 9.90 Å². The van der Waals surface area contributed by atoms with Crippen molar-refractivity contribution in [3.8, 4) is 0 Å². The van der Waals surface area contributed by atoms with Gasteiger partial charge in [0, 0.05) is 0 Å². The maximum absolute atomic E-state index is 11.9. The van der Waals surface area contributed by atoms with Crippen LogP contribution in [0, 0.1) is 11.3 Å². The first kappa shape index (κ1) is 17.0. The third-order valence-corrected chi connectivity index (χ3v) is 3.46. The summed E-state index contributed by atoms with van der Waals surface area (Å²) in [5.74, 6) is -0.360. The molecule has 0 aromatic carbocycles. The van der Waals surface area contributed by atoms with Crippen molar-refractivity contribution >= 4 is 29.1 Å². The van der Waals surface area contributed by atoms with Crippen LogP contribution >= 0.6 is 12.2 Å². The van der Waals surface area contributed by atoms with Gasteiger partial charge in [0.05, 0.1) is 5.41 Å². The van der Waals surface area contributed by atoms with Gasteiger partial charge in [0.25, 0.3) is 0 Å². The first-order valence-corrected chi connectivity index (χ1v) is 5.98. The zero-order chi connectivity index (χ0) is 12.3. The first-order chi connectivity index (χ1) is 7.46. The summed E-state index contributed by atoms with van der Waals surface area (Å²) in [5, 5.41) is 14.4. The van der Waals surface area contributed by atoms with Gasteiger partial charge in [-0.2, -0.15) is 0 Å². The topological polar surface area (TPSA) is 64.5 Å². The van der Waals surface area contributed by atoms with Gasteiger partial charge in [-0.3, -0.25) is 4.79 Å². The number of hydrogen-bond acceptors (Lipinski definition) is 3. The molecule has 6 heteroatoms. The molecule has 0 bridgehead atoms. The minimum Gasteiger partial charge on any atom is -0.861 e. The van der Waals surface area contributed by atoms with Crippen molar-refractivity contribution in [3.63, 3.8) is 0 Å². The van der Waals surface area contributed by atoms with Crippen molar-refractivity contribution in [2.75, 3.05) is 0 Å². The molecule has 1 amide bonds. The number of thiocarbonyl (C=S) groups is 1. The Labute approximate surface area is 130 Å². The van der Waals surface area contributed by atoms with E-state index in [-0.39, 0.29) is 46.5 Å². The smallest absolute Gasteiger partial charge is 0.861 e. The first-order valence-electron chi connectivity index (χ1n) is 5.57. The van der Waals surface area contributed by atoms with Crippen molar-refractivity contribution in [2.45, 2.75) is 40.0 Å². The molecule has 4 nitrogen and oxygen atoms in total. The van der Waals surface area contributed by atoms with E-state index < -0.39 is 5.41 Å². The number of carbonyl (C=O) groups excluding carboxylic acids is 1. The van der Waals surface area contributed by atoms with E-state index in [4.69, 9.17) is 12.2 Å². The van der Waals surface area contributed by atoms with Gasteiger partial charge in [-0.15, -0.1) is 0 Å². The summed E-state index contributed by atoms with van der Waals surface area (Å²) >= 11 is 4.73. The Hall–Kier alpha value is 0.0300. The molecule has 0 saturated carbocycles. The number of nitrogens with one attached hydrogen (secondary N) is 1. The van der Waals surface area contributed by atoms with Crippen LogP contribution in [0.4, 0.5) is 0 Å². The van der Waals surface area contributed by atoms with Crippen LogP contribution in [0.15, 0.2) is 4.99 Å². The van der Waals surface area contributed by atoms with E-state index >= 15 is 0 Å². The Morgan fingerprint density at radius 3 is 2.53 bits per heavy atom. The van der Waals surface area contributed by atoms with Gasteiger partial charge in [0.15, 0.2) is 5.11 Å². The van der Waals surface area contributed by atoms with E-state index in [1.807, 2.05) is 20.8 Å². The Morgan fingerprint density at radius 2 is 2.12 bits per heavy atom. The fraction of sp³-hybridized carbons (Fsp3) is 0.727. The summed E-state index contributed by atoms with van der Waals surface area (Å²) in [6.07, 6.45) is 1.94. The van der Waals surface area contributed by atoms with Gasteiger partial charge in [-0.1, -0.05) is 27.2 Å². The second-order valence-electron chi connectivity index (χ2n) is 4.33. The summed E-state index contributed by atoms with van der Waals surface area (Å²) in [4.78, 5) is 15.6. The molecule has 2 atom stereocenters. The fourth-order valence-corrected chi connectivity index (χ4v) is 2.09. The van der Waals surface area contributed by atoms with Crippen LogP contribution in [-0.4, -0.2) is 16.9 Å². The molecule has 0 aliphatic carbocycles. The minimum atomic E-state index is -1.00. The predicted octanol–water partition coefficient (Wildman–Crippen LogP) is -2.00. The fourth-order valence-electron chi connectivity index (χ4n) is 1.92. The largest absolute Gasteiger partial charge is 1.00 e. The van der Waals surface area contributed by atoms with E-state index in [1.165, 1.54) is 0 Å². The summed E-state index contributed by atoms with van der Waals surface area (Å²) in [7, 11) is 0. The number of nitrogens with zero attached hydrogens (tertiary/aromatic N) is 1. The summed E-state index contributed by atoms with van der Waals surface area (Å²) in [6.45, 7) is 5.91. The van der Waals surface area contributed by atoms with Crippen LogP contribution in [0.3, 0.4) is 0 Å². The van der Waals surface area contributed by atoms with Crippen molar-refractivity contribution in [2.24, 2.45) is 16.3 Å². The van der Waals surface area contributed by atoms with Gasteiger partial charge >= 0.3 is 29.6 Å². The van der Waals surface area contributed by atoms with Gasteiger partial charge in [0.2, 0.25) is 5.91 Å². The molecular weight excluding hydrogens is 247 g/mol. The van der Waals surface area contributed by atoms with Crippen LogP contribution in [0.25, 0.3) is 0 Å². The van der Waals surface area contributed by atoms with E-state index in [0.717, 1.165) is 6.42 Å². The summed E-state index contributed by atoms with van der Waals surface area (Å²) in [5.41, 5.74) is -1.00. The number of rotatable bonds is 4. The molecule has 1 aliphatic rings. The van der Waals surface area contributed by atoms with E-state index in [2.05, 4.69) is 10.3 Å². The number of carbonyl (C=O) groups is 1. The number of aliphatic imine (C=N–C) groups is 1. The molecule has 2 unspecified atom stereocenters. The van der Waals surface area contributed by atoms with Crippen molar-refractivity contribution in [1.82, 2.24) is 5.32 Å². The summed E-state index contributed by atoms with van der Waals surface area (Å²) < 4.78 is 0. The molecular formula is C11H17N2NaO2S. The van der Waals surface area contributed by atoms with Crippen LogP contribution < -0.4 is 40.0 Å². The molecule has 0 saturated heterocycles. The maximum atomic E-state index is 11.9. The Morgan fingerprint density at radius 1 is 1.53 bits per heavy atom. The Kier molecular flexibility index (Phi) is 6.84. The molecule has 0 aromatic heterocycles. The zero-order valence-corrected chi connectivity index (χ0v) is 13.7. The molecule has 1 aliphatic heterocycles. The SMILES string of the molecule is CCC(C)CC1(CC)C(=O)NC(=S)N=C1[O-].[Na+]. The molecule has 1 N–H and O–H groups in total. The molecule has 17 heavy (non-hydrogen) atoms. The summed E-state index contributed by atoms with van der Waals surface area (Å²) in [6, 6.07) is 0. The molecule has 0 spiro atoms. The molecule has 0 fully saturated rings. The quantitative estimate of drug-likeness (QED) is 0.472. The van der Waals surface area contributed by atoms with E-state index in [0.29, 0.717) is 18.8 Å². The number of amides is 1. The van der Waals surface area contributed by atoms with Crippen LogP contribution in [-0.2, 0) is 4.79 Å². The van der Waals surface area contributed by atoms with Crippen molar-refractivity contribution < 1.29 is 39.5 Å². The Balaban J connectivity index is 0.00000256. The standard InChI is InChI=1S/C11H18N2O2S.Na/c1-4-7(3)6-11(5-2)8(14)12-10(16)13-9(11)15;/h7H,4-6H2,1-3H3,(H2,12,13,14,15,16);/q;+1/p-1. The molecule has 1 rings (SSSR count). The average molecular weight is 264 g/mol. The van der Waals surface area contributed by atoms with Gasteiger partial charge in [0.1, 0.15) is 0 Å². The van der Waals surface area contributed by atoms with Crippen LogP contribution in [0.5, 0.6) is 0 Å². The average Bonchev–Trinajstić information content (AvgIpc) is 2.23. The van der Waals surface area contributed by atoms with E-state index in [1.54, 1.807) is 0 Å².